The highest BCUT2D eigenvalue weighted by molar-refractivity contribution is 5.95. The van der Waals surface area contributed by atoms with E-state index in [4.69, 9.17) is 5.11 Å². The molecule has 0 unspecified atom stereocenters. The monoisotopic (exact) mass is 288 g/mol. The number of carbonyl (C=O) groups is 1. The second kappa shape index (κ2) is 6.48. The zero-order valence-electron chi connectivity index (χ0n) is 12.5. The second-order valence-corrected chi connectivity index (χ2v) is 6.06. The maximum absolute atomic E-state index is 12.8. The molecule has 1 aliphatic heterocycles. The molecule has 0 bridgehead atoms. The van der Waals surface area contributed by atoms with Gasteiger partial charge in [0, 0.05) is 37.0 Å². The number of amides is 1. The highest BCUT2D eigenvalue weighted by Crippen LogP contribution is 2.28. The van der Waals surface area contributed by atoms with E-state index >= 15 is 0 Å². The van der Waals surface area contributed by atoms with Crippen LogP contribution >= 0.6 is 0 Å². The van der Waals surface area contributed by atoms with Crippen LogP contribution in [0.1, 0.15) is 48.0 Å². The number of fused-ring (bicyclic) bond motifs is 1. The topological polar surface area (TPSA) is 52.6 Å². The number of anilines is 1. The number of aryl methyl sites for hydroxylation is 1. The number of nitrogens with one attached hydrogen (secondary N) is 1. The quantitative estimate of drug-likeness (QED) is 0.875. The summed E-state index contributed by atoms with van der Waals surface area (Å²) in [5.74, 6) is 0.126. The summed E-state index contributed by atoms with van der Waals surface area (Å²) in [5.41, 5.74) is 3.22. The first-order valence-corrected chi connectivity index (χ1v) is 8.08. The van der Waals surface area contributed by atoms with Crippen molar-refractivity contribution in [1.29, 1.82) is 0 Å². The zero-order valence-corrected chi connectivity index (χ0v) is 12.5. The molecular formula is C17H24N2O2. The Bertz CT molecular complexity index is 512. The molecule has 2 aliphatic rings. The van der Waals surface area contributed by atoms with Crippen LogP contribution in [0.5, 0.6) is 0 Å². The molecule has 0 saturated heterocycles. The van der Waals surface area contributed by atoms with Gasteiger partial charge in [-0.15, -0.1) is 0 Å². The molecule has 1 amide bonds. The Labute approximate surface area is 126 Å². The molecule has 0 radical (unpaired) electrons. The van der Waals surface area contributed by atoms with Crippen molar-refractivity contribution in [1.82, 2.24) is 4.90 Å². The van der Waals surface area contributed by atoms with Gasteiger partial charge in [-0.25, -0.2) is 0 Å². The molecule has 0 spiro atoms. The Balaban J connectivity index is 1.78. The Morgan fingerprint density at radius 2 is 2.19 bits per heavy atom. The summed E-state index contributed by atoms with van der Waals surface area (Å²) in [6.07, 6.45) is 6.24. The summed E-state index contributed by atoms with van der Waals surface area (Å²) < 4.78 is 0. The van der Waals surface area contributed by atoms with Gasteiger partial charge in [-0.05, 0) is 62.3 Å². The minimum Gasteiger partial charge on any atom is -0.396 e. The first-order valence-electron chi connectivity index (χ1n) is 8.08. The van der Waals surface area contributed by atoms with Crippen LogP contribution < -0.4 is 5.32 Å². The molecule has 0 aromatic heterocycles. The van der Waals surface area contributed by atoms with Crippen LogP contribution in [0.15, 0.2) is 18.2 Å². The fraction of sp³-hybridized carbons (Fsp3) is 0.588. The van der Waals surface area contributed by atoms with Crippen molar-refractivity contribution in [2.45, 2.75) is 44.6 Å². The third kappa shape index (κ3) is 3.05. The van der Waals surface area contributed by atoms with E-state index < -0.39 is 0 Å². The fourth-order valence-corrected chi connectivity index (χ4v) is 3.16. The normalized spacial score (nSPS) is 17.6. The summed E-state index contributed by atoms with van der Waals surface area (Å²) in [6.45, 7) is 1.82. The molecule has 3 rings (SSSR count). The van der Waals surface area contributed by atoms with Crippen LogP contribution in [-0.4, -0.2) is 41.7 Å². The van der Waals surface area contributed by atoms with Gasteiger partial charge in [-0.1, -0.05) is 0 Å². The maximum Gasteiger partial charge on any atom is 0.254 e. The Morgan fingerprint density at radius 3 is 2.90 bits per heavy atom. The number of benzene rings is 1. The molecule has 0 atom stereocenters. The molecule has 1 aliphatic carbocycles. The molecular weight excluding hydrogens is 264 g/mol. The average molecular weight is 288 g/mol. The van der Waals surface area contributed by atoms with E-state index in [2.05, 4.69) is 11.4 Å². The molecule has 1 fully saturated rings. The largest absolute Gasteiger partial charge is 0.396 e. The summed E-state index contributed by atoms with van der Waals surface area (Å²) >= 11 is 0. The van der Waals surface area contributed by atoms with Gasteiger partial charge in [0.25, 0.3) is 5.91 Å². The molecule has 1 saturated carbocycles. The van der Waals surface area contributed by atoms with Gasteiger partial charge < -0.3 is 15.3 Å². The van der Waals surface area contributed by atoms with Crippen LogP contribution in [-0.2, 0) is 6.42 Å². The smallest absolute Gasteiger partial charge is 0.254 e. The van der Waals surface area contributed by atoms with Gasteiger partial charge in [0.15, 0.2) is 0 Å². The standard InChI is InChI=1S/C17H24N2O2/c20-11-3-10-19(15-5-1-6-15)17(21)14-7-8-16-13(12-14)4-2-9-18-16/h7-8,12,15,18,20H,1-6,9-11H2. The summed E-state index contributed by atoms with van der Waals surface area (Å²) in [7, 11) is 0. The molecule has 1 aromatic rings. The van der Waals surface area contributed by atoms with Crippen molar-refractivity contribution < 1.29 is 9.90 Å². The van der Waals surface area contributed by atoms with Crippen molar-refractivity contribution in [3.63, 3.8) is 0 Å². The number of rotatable bonds is 5. The average Bonchev–Trinajstić information content (AvgIpc) is 2.48. The Hall–Kier alpha value is -1.55. The van der Waals surface area contributed by atoms with Gasteiger partial charge >= 0.3 is 0 Å². The van der Waals surface area contributed by atoms with Crippen molar-refractivity contribution in [2.24, 2.45) is 0 Å². The molecule has 114 valence electrons. The van der Waals surface area contributed by atoms with Gasteiger partial charge in [-0.3, -0.25) is 4.79 Å². The highest BCUT2D eigenvalue weighted by atomic mass is 16.3. The molecule has 4 heteroatoms. The van der Waals surface area contributed by atoms with E-state index in [0.717, 1.165) is 37.8 Å². The van der Waals surface area contributed by atoms with E-state index in [1.807, 2.05) is 17.0 Å². The Kier molecular flexibility index (Phi) is 4.44. The lowest BCUT2D eigenvalue weighted by atomic mass is 9.90. The van der Waals surface area contributed by atoms with Gasteiger partial charge in [0.05, 0.1) is 0 Å². The van der Waals surface area contributed by atoms with Crippen LogP contribution in [0.3, 0.4) is 0 Å². The first-order chi connectivity index (χ1) is 10.3. The number of aliphatic hydroxyl groups excluding tert-OH is 1. The van der Waals surface area contributed by atoms with Gasteiger partial charge in [0.1, 0.15) is 0 Å². The fourth-order valence-electron chi connectivity index (χ4n) is 3.16. The number of aliphatic hydroxyl groups is 1. The summed E-state index contributed by atoms with van der Waals surface area (Å²) in [5, 5.41) is 12.4. The lowest BCUT2D eigenvalue weighted by Crippen LogP contribution is -2.45. The molecule has 1 aromatic carbocycles. The van der Waals surface area contributed by atoms with Crippen molar-refractivity contribution in [2.75, 3.05) is 25.0 Å². The molecule has 4 nitrogen and oxygen atoms in total. The SMILES string of the molecule is O=C(c1ccc2c(c1)CCCN2)N(CCCO)C1CCC1. The highest BCUT2D eigenvalue weighted by Gasteiger charge is 2.29. The number of hydrogen-bond donors (Lipinski definition) is 2. The van der Waals surface area contributed by atoms with E-state index in [1.54, 1.807) is 0 Å². The van der Waals surface area contributed by atoms with Crippen LogP contribution in [0.4, 0.5) is 5.69 Å². The van der Waals surface area contributed by atoms with E-state index in [0.29, 0.717) is 19.0 Å². The number of nitrogens with zero attached hydrogens (tertiary/aromatic N) is 1. The van der Waals surface area contributed by atoms with Crippen molar-refractivity contribution in [3.05, 3.63) is 29.3 Å². The van der Waals surface area contributed by atoms with E-state index in [1.165, 1.54) is 17.7 Å². The van der Waals surface area contributed by atoms with Crippen LogP contribution in [0.25, 0.3) is 0 Å². The van der Waals surface area contributed by atoms with E-state index in [9.17, 15) is 4.79 Å². The zero-order chi connectivity index (χ0) is 14.7. The first kappa shape index (κ1) is 14.4. The van der Waals surface area contributed by atoms with Gasteiger partial charge in [0.2, 0.25) is 0 Å². The van der Waals surface area contributed by atoms with Crippen LogP contribution in [0.2, 0.25) is 0 Å². The predicted molar refractivity (Wildman–Crippen MR) is 83.6 cm³/mol. The molecule has 2 N–H and O–H groups in total. The molecule has 21 heavy (non-hydrogen) atoms. The predicted octanol–water partition coefficient (Wildman–Crippen LogP) is 2.42. The minimum atomic E-state index is 0.126. The van der Waals surface area contributed by atoms with E-state index in [-0.39, 0.29) is 12.5 Å². The summed E-state index contributed by atoms with van der Waals surface area (Å²) in [6, 6.07) is 6.39. The van der Waals surface area contributed by atoms with Crippen molar-refractivity contribution in [3.8, 4) is 0 Å². The van der Waals surface area contributed by atoms with Crippen molar-refractivity contribution >= 4 is 11.6 Å². The maximum atomic E-state index is 12.8. The third-order valence-corrected chi connectivity index (χ3v) is 4.62. The van der Waals surface area contributed by atoms with Crippen LogP contribution in [0, 0.1) is 0 Å². The number of carbonyl (C=O) groups excluding carboxylic acids is 1. The number of hydrogen-bond acceptors (Lipinski definition) is 3. The summed E-state index contributed by atoms with van der Waals surface area (Å²) in [4.78, 5) is 14.8. The minimum absolute atomic E-state index is 0.126. The van der Waals surface area contributed by atoms with Gasteiger partial charge in [-0.2, -0.15) is 0 Å². The lowest BCUT2D eigenvalue weighted by molar-refractivity contribution is 0.0562. The second-order valence-electron chi connectivity index (χ2n) is 6.06. The molecule has 1 heterocycles. The lowest BCUT2D eigenvalue weighted by Gasteiger charge is -2.37. The Morgan fingerprint density at radius 1 is 1.33 bits per heavy atom. The third-order valence-electron chi connectivity index (χ3n) is 4.62.